The third-order valence-electron chi connectivity index (χ3n) is 2.84. The number of rotatable bonds is 5. The van der Waals surface area contributed by atoms with Crippen LogP contribution in [-0.4, -0.2) is 17.7 Å². The smallest absolute Gasteiger partial charge is 0.407 e. The average molecular weight is 287 g/mol. The predicted molar refractivity (Wildman–Crippen MR) is 82.8 cm³/mol. The summed E-state index contributed by atoms with van der Waals surface area (Å²) in [6.07, 6.45) is -1.27. The molecule has 0 spiro atoms. The average Bonchev–Trinajstić information content (AvgIpc) is 2.52. The van der Waals surface area contributed by atoms with Crippen LogP contribution in [0.2, 0.25) is 0 Å². The van der Waals surface area contributed by atoms with Gasteiger partial charge in [-0.25, -0.2) is 4.79 Å². The molecule has 0 saturated carbocycles. The molecule has 0 unspecified atom stereocenters. The molecule has 1 atom stereocenters. The highest BCUT2D eigenvalue weighted by atomic mass is 16.5. The van der Waals surface area contributed by atoms with E-state index in [0.717, 1.165) is 11.1 Å². The molecule has 0 aliphatic carbocycles. The molecule has 0 aliphatic rings. The number of aliphatic hydroxyl groups excluding tert-OH is 1. The van der Waals surface area contributed by atoms with E-state index < -0.39 is 12.2 Å². The molecule has 112 valence electrons. The lowest BCUT2D eigenvalue weighted by Gasteiger charge is -2.12. The number of hydrogen-bond acceptors (Lipinski definition) is 3. The highest BCUT2D eigenvalue weighted by molar-refractivity contribution is 5.67. The van der Waals surface area contributed by atoms with Gasteiger partial charge >= 0.3 is 6.09 Å². The van der Waals surface area contributed by atoms with Crippen LogP contribution in [0.4, 0.5) is 4.79 Å². The monoisotopic (exact) mass is 287 g/mol. The zero-order valence-electron chi connectivity index (χ0n) is 11.0. The molecule has 2 aromatic carbocycles. The minimum atomic E-state index is -0.736. The van der Waals surface area contributed by atoms with E-state index in [1.165, 1.54) is 0 Å². The van der Waals surface area contributed by atoms with Gasteiger partial charge in [0.05, 0.1) is 12.6 Å². The third kappa shape index (κ3) is 5.67. The van der Waals surface area contributed by atoms with Gasteiger partial charge in [0.1, 0.15) is 6.61 Å². The van der Waals surface area contributed by atoms with Gasteiger partial charge in [-0.15, -0.1) is 0 Å². The van der Waals surface area contributed by atoms with Crippen molar-refractivity contribution in [3.63, 3.8) is 0 Å². The fraction of sp³-hybridized carbons (Fsp3) is 0.235. The lowest BCUT2D eigenvalue weighted by Crippen LogP contribution is -2.28. The first-order chi connectivity index (χ1) is 9.75. The Morgan fingerprint density at radius 2 is 1.62 bits per heavy atom. The summed E-state index contributed by atoms with van der Waals surface area (Å²) in [6, 6.07) is 18.6. The highest BCUT2D eigenvalue weighted by Crippen LogP contribution is 2.10. The van der Waals surface area contributed by atoms with E-state index >= 15 is 0 Å². The molecule has 0 radical (unpaired) electrons. The molecule has 2 N–H and O–H groups in total. The molecule has 0 aliphatic heterocycles. The Morgan fingerprint density at radius 1 is 1.05 bits per heavy atom. The second kappa shape index (κ2) is 8.76. The van der Waals surface area contributed by atoms with Crippen molar-refractivity contribution in [2.75, 3.05) is 6.54 Å². The van der Waals surface area contributed by atoms with E-state index in [2.05, 4.69) is 5.32 Å². The van der Waals surface area contributed by atoms with Crippen molar-refractivity contribution >= 4 is 6.09 Å². The third-order valence-corrected chi connectivity index (χ3v) is 2.84. The summed E-state index contributed by atoms with van der Waals surface area (Å²) in [7, 11) is 0. The summed E-state index contributed by atoms with van der Waals surface area (Å²) < 4.78 is 5.05. The zero-order chi connectivity index (χ0) is 14.2. The number of carbonyl (C=O) groups excluding carboxylic acids is 1. The van der Waals surface area contributed by atoms with Gasteiger partial charge in [-0.1, -0.05) is 68.1 Å². The van der Waals surface area contributed by atoms with Crippen molar-refractivity contribution in [1.29, 1.82) is 0 Å². The van der Waals surface area contributed by atoms with Gasteiger partial charge < -0.3 is 15.2 Å². The van der Waals surface area contributed by atoms with Crippen molar-refractivity contribution in [1.82, 2.24) is 5.32 Å². The lowest BCUT2D eigenvalue weighted by molar-refractivity contribution is 0.126. The minimum absolute atomic E-state index is 0. The number of amides is 1. The minimum Gasteiger partial charge on any atom is -0.445 e. The van der Waals surface area contributed by atoms with Crippen LogP contribution in [0, 0.1) is 0 Å². The Morgan fingerprint density at radius 3 is 2.24 bits per heavy atom. The summed E-state index contributed by atoms with van der Waals surface area (Å²) in [4.78, 5) is 11.5. The van der Waals surface area contributed by atoms with E-state index in [0.29, 0.717) is 0 Å². The zero-order valence-corrected chi connectivity index (χ0v) is 11.0. The molecular weight excluding hydrogens is 266 g/mol. The maximum Gasteiger partial charge on any atom is 0.407 e. The van der Waals surface area contributed by atoms with E-state index in [1.54, 1.807) is 0 Å². The number of hydrogen-bond donors (Lipinski definition) is 2. The maximum atomic E-state index is 11.5. The molecule has 0 heterocycles. The first-order valence-corrected chi connectivity index (χ1v) is 6.43. The van der Waals surface area contributed by atoms with Crippen LogP contribution in [0.25, 0.3) is 0 Å². The van der Waals surface area contributed by atoms with Crippen LogP contribution < -0.4 is 5.32 Å². The number of aliphatic hydroxyl groups is 1. The second-order valence-electron chi connectivity index (χ2n) is 4.37. The van der Waals surface area contributed by atoms with E-state index in [-0.39, 0.29) is 20.6 Å². The summed E-state index contributed by atoms with van der Waals surface area (Å²) in [5.74, 6) is 0. The first-order valence-electron chi connectivity index (χ1n) is 6.43. The second-order valence-corrected chi connectivity index (χ2v) is 4.37. The van der Waals surface area contributed by atoms with Crippen molar-refractivity contribution in [3.8, 4) is 0 Å². The van der Waals surface area contributed by atoms with Gasteiger partial charge in [-0.2, -0.15) is 0 Å². The summed E-state index contributed by atoms with van der Waals surface area (Å²) >= 11 is 0. The Kier molecular flexibility index (Phi) is 6.98. The fourth-order valence-electron chi connectivity index (χ4n) is 1.75. The molecule has 4 nitrogen and oxygen atoms in total. The van der Waals surface area contributed by atoms with Crippen LogP contribution in [0.15, 0.2) is 60.7 Å². The van der Waals surface area contributed by atoms with Crippen molar-refractivity contribution in [2.24, 2.45) is 0 Å². The lowest BCUT2D eigenvalue weighted by atomic mass is 10.1. The van der Waals surface area contributed by atoms with Gasteiger partial charge in [0.2, 0.25) is 0 Å². The fourth-order valence-corrected chi connectivity index (χ4v) is 1.75. The van der Waals surface area contributed by atoms with Crippen LogP contribution >= 0.6 is 0 Å². The molecule has 0 bridgehead atoms. The van der Waals surface area contributed by atoms with E-state index in [9.17, 15) is 9.90 Å². The van der Waals surface area contributed by atoms with Gasteiger partial charge in [0.25, 0.3) is 0 Å². The Labute approximate surface area is 125 Å². The van der Waals surface area contributed by atoms with E-state index in [4.69, 9.17) is 4.74 Å². The molecule has 21 heavy (non-hydrogen) atoms. The molecule has 1 amide bonds. The van der Waals surface area contributed by atoms with Crippen molar-refractivity contribution < 1.29 is 14.6 Å². The largest absolute Gasteiger partial charge is 0.445 e. The van der Waals surface area contributed by atoms with Crippen LogP contribution in [0.1, 0.15) is 24.7 Å². The molecule has 0 saturated heterocycles. The van der Waals surface area contributed by atoms with E-state index in [1.807, 2.05) is 60.7 Å². The maximum absolute atomic E-state index is 11.5. The Balaban J connectivity index is 0.00000220. The molecule has 2 rings (SSSR count). The number of ether oxygens (including phenoxy) is 1. The number of carbonyl (C=O) groups is 1. The standard InChI is InChI=1S/C16H17NO3.CH4/c18-15(14-9-5-2-6-10-14)11-17-16(19)20-12-13-7-3-1-4-8-13;/h1-10,15,18H,11-12H2,(H,17,19);1H4/t15-;/m1./s1. The number of nitrogens with one attached hydrogen (secondary N) is 1. The number of alkyl carbamates (subject to hydrolysis) is 1. The molecule has 2 aromatic rings. The Bertz CT molecular complexity index is 528. The van der Waals surface area contributed by atoms with Crippen LogP contribution in [-0.2, 0) is 11.3 Å². The Hall–Kier alpha value is -2.33. The SMILES string of the molecule is C.O=C(NC[C@@H](O)c1ccccc1)OCc1ccccc1. The van der Waals surface area contributed by atoms with Crippen LogP contribution in [0.3, 0.4) is 0 Å². The van der Waals surface area contributed by atoms with Gasteiger partial charge in [-0.05, 0) is 11.1 Å². The predicted octanol–water partition coefficient (Wildman–Crippen LogP) is 3.28. The summed E-state index contributed by atoms with van der Waals surface area (Å²) in [6.45, 7) is 0.339. The highest BCUT2D eigenvalue weighted by Gasteiger charge is 2.09. The molecular formula is C17H21NO3. The van der Waals surface area contributed by atoms with Gasteiger partial charge in [0.15, 0.2) is 0 Å². The quantitative estimate of drug-likeness (QED) is 0.887. The summed E-state index contributed by atoms with van der Waals surface area (Å²) in [5.41, 5.74) is 1.68. The van der Waals surface area contributed by atoms with Gasteiger partial charge in [0, 0.05) is 0 Å². The normalized spacial score (nSPS) is 11.1. The van der Waals surface area contributed by atoms with Crippen molar-refractivity contribution in [2.45, 2.75) is 20.1 Å². The molecule has 0 fully saturated rings. The number of benzene rings is 2. The van der Waals surface area contributed by atoms with Gasteiger partial charge in [-0.3, -0.25) is 0 Å². The molecule has 0 aromatic heterocycles. The van der Waals surface area contributed by atoms with Crippen LogP contribution in [0.5, 0.6) is 0 Å². The van der Waals surface area contributed by atoms with Crippen molar-refractivity contribution in [3.05, 3.63) is 71.8 Å². The topological polar surface area (TPSA) is 58.6 Å². The summed E-state index contributed by atoms with van der Waals surface area (Å²) in [5, 5.41) is 12.4. The first kappa shape index (κ1) is 16.7. The molecule has 4 heteroatoms.